The van der Waals surface area contributed by atoms with Gasteiger partial charge < -0.3 is 9.73 Å². The van der Waals surface area contributed by atoms with E-state index in [1.807, 2.05) is 0 Å². The molecule has 1 atom stereocenters. The molecule has 108 valence electrons. The summed E-state index contributed by atoms with van der Waals surface area (Å²) in [7, 11) is -1.74. The first-order valence-electron chi connectivity index (χ1n) is 6.19. The van der Waals surface area contributed by atoms with Gasteiger partial charge in [0.05, 0.1) is 6.54 Å². The molecular weight excluding hydrogens is 332 g/mol. The van der Waals surface area contributed by atoms with E-state index in [9.17, 15) is 8.42 Å². The summed E-state index contributed by atoms with van der Waals surface area (Å²) in [4.78, 5) is 0.163. The highest BCUT2D eigenvalue weighted by atomic mass is 79.9. The number of furan rings is 1. The summed E-state index contributed by atoms with van der Waals surface area (Å²) in [6.45, 7) is 5.26. The second-order valence-corrected chi connectivity index (χ2v) is 8.08. The van der Waals surface area contributed by atoms with Crippen LogP contribution in [0, 0.1) is 11.3 Å². The van der Waals surface area contributed by atoms with Gasteiger partial charge in [0.2, 0.25) is 10.0 Å². The van der Waals surface area contributed by atoms with Crippen molar-refractivity contribution in [2.24, 2.45) is 11.3 Å². The molecule has 2 N–H and O–H groups in total. The summed E-state index contributed by atoms with van der Waals surface area (Å²) in [5, 5.41) is 2.92. The Hall–Kier alpha value is -0.370. The molecule has 1 heterocycles. The van der Waals surface area contributed by atoms with Crippen molar-refractivity contribution in [1.29, 1.82) is 0 Å². The van der Waals surface area contributed by atoms with Crippen LogP contribution in [0.5, 0.6) is 0 Å². The highest BCUT2D eigenvalue weighted by Gasteiger charge is 2.45. The Morgan fingerprint density at radius 2 is 2.16 bits per heavy atom. The van der Waals surface area contributed by atoms with Gasteiger partial charge in [0.25, 0.3) is 0 Å². The second kappa shape index (κ2) is 5.20. The topological polar surface area (TPSA) is 71.3 Å². The third-order valence-electron chi connectivity index (χ3n) is 3.58. The normalized spacial score (nSPS) is 21.6. The van der Waals surface area contributed by atoms with Crippen molar-refractivity contribution in [3.63, 3.8) is 0 Å². The van der Waals surface area contributed by atoms with E-state index in [0.717, 1.165) is 6.42 Å². The molecule has 0 aromatic carbocycles. The van der Waals surface area contributed by atoms with Gasteiger partial charge in [0.15, 0.2) is 4.67 Å². The Bertz CT molecular complexity index is 566. The van der Waals surface area contributed by atoms with Crippen molar-refractivity contribution in [3.05, 3.63) is 16.5 Å². The van der Waals surface area contributed by atoms with E-state index in [1.165, 1.54) is 0 Å². The average Bonchev–Trinajstić information content (AvgIpc) is 2.72. The molecule has 1 fully saturated rings. The summed E-state index contributed by atoms with van der Waals surface area (Å²) < 4.78 is 32.6. The van der Waals surface area contributed by atoms with Crippen LogP contribution in [0.1, 0.15) is 26.0 Å². The minimum Gasteiger partial charge on any atom is -0.452 e. The van der Waals surface area contributed by atoms with Crippen LogP contribution in [0.2, 0.25) is 0 Å². The van der Waals surface area contributed by atoms with Gasteiger partial charge in [-0.25, -0.2) is 13.1 Å². The molecule has 19 heavy (non-hydrogen) atoms. The van der Waals surface area contributed by atoms with Crippen LogP contribution in [0.3, 0.4) is 0 Å². The van der Waals surface area contributed by atoms with Crippen LogP contribution in [0.15, 0.2) is 20.0 Å². The largest absolute Gasteiger partial charge is 0.452 e. The Kier molecular flexibility index (Phi) is 4.11. The summed E-state index contributed by atoms with van der Waals surface area (Å²) in [5.74, 6) is 1.01. The van der Waals surface area contributed by atoms with E-state index in [4.69, 9.17) is 4.42 Å². The van der Waals surface area contributed by atoms with Crippen LogP contribution in [-0.2, 0) is 16.6 Å². The van der Waals surface area contributed by atoms with Gasteiger partial charge in [0.1, 0.15) is 10.7 Å². The lowest BCUT2D eigenvalue weighted by atomic mass is 10.1. The SMILES string of the molecule is CNCc1cc(S(=O)(=O)NCC2CC2(C)C)c(Br)o1. The second-order valence-electron chi connectivity index (χ2n) is 5.62. The molecule has 7 heteroatoms. The van der Waals surface area contributed by atoms with Crippen molar-refractivity contribution in [2.75, 3.05) is 13.6 Å². The van der Waals surface area contributed by atoms with Gasteiger partial charge in [-0.1, -0.05) is 13.8 Å². The lowest BCUT2D eigenvalue weighted by Gasteiger charge is -2.06. The molecule has 0 amide bonds. The minimum absolute atomic E-state index is 0.163. The molecule has 0 spiro atoms. The number of sulfonamides is 1. The lowest BCUT2D eigenvalue weighted by Crippen LogP contribution is -2.26. The number of halogens is 1. The Morgan fingerprint density at radius 1 is 1.53 bits per heavy atom. The molecule has 5 nitrogen and oxygen atoms in total. The quantitative estimate of drug-likeness (QED) is 0.823. The maximum absolute atomic E-state index is 12.2. The minimum atomic E-state index is -3.51. The van der Waals surface area contributed by atoms with Crippen molar-refractivity contribution < 1.29 is 12.8 Å². The molecule has 0 bridgehead atoms. The van der Waals surface area contributed by atoms with Crippen LogP contribution in [-0.4, -0.2) is 22.0 Å². The molecule has 1 saturated carbocycles. The molecule has 1 aliphatic rings. The Balaban J connectivity index is 2.06. The number of rotatable bonds is 6. The summed E-state index contributed by atoms with van der Waals surface area (Å²) in [6.07, 6.45) is 1.06. The molecule has 1 aromatic heterocycles. The van der Waals surface area contributed by atoms with Gasteiger partial charge in [-0.15, -0.1) is 0 Å². The van der Waals surface area contributed by atoms with E-state index in [-0.39, 0.29) is 15.0 Å². The molecule has 0 aliphatic heterocycles. The first-order valence-corrected chi connectivity index (χ1v) is 8.46. The van der Waals surface area contributed by atoms with E-state index >= 15 is 0 Å². The zero-order valence-corrected chi connectivity index (χ0v) is 13.7. The Labute approximate surface area is 122 Å². The van der Waals surface area contributed by atoms with Crippen LogP contribution in [0.4, 0.5) is 0 Å². The van der Waals surface area contributed by atoms with Gasteiger partial charge in [-0.05, 0) is 40.7 Å². The highest BCUT2D eigenvalue weighted by molar-refractivity contribution is 9.10. The molecule has 1 aromatic rings. The summed E-state index contributed by atoms with van der Waals surface area (Å²) in [5.41, 5.74) is 0.257. The van der Waals surface area contributed by atoms with Crippen LogP contribution in [0.25, 0.3) is 0 Å². The van der Waals surface area contributed by atoms with Gasteiger partial charge in [0, 0.05) is 12.6 Å². The van der Waals surface area contributed by atoms with Crippen molar-refractivity contribution in [3.8, 4) is 0 Å². The third kappa shape index (κ3) is 3.39. The maximum Gasteiger partial charge on any atom is 0.244 e. The van der Waals surface area contributed by atoms with Crippen LogP contribution < -0.4 is 10.0 Å². The first-order chi connectivity index (χ1) is 8.76. The van der Waals surface area contributed by atoms with Crippen molar-refractivity contribution in [1.82, 2.24) is 10.0 Å². The monoisotopic (exact) mass is 350 g/mol. The first kappa shape index (κ1) is 15.0. The third-order valence-corrected chi connectivity index (χ3v) is 5.86. The fraction of sp³-hybridized carbons (Fsp3) is 0.667. The van der Waals surface area contributed by atoms with Crippen molar-refractivity contribution in [2.45, 2.75) is 31.7 Å². The number of nitrogens with one attached hydrogen (secondary N) is 2. The molecule has 1 unspecified atom stereocenters. The van der Waals surface area contributed by atoms with E-state index in [2.05, 4.69) is 39.8 Å². The van der Waals surface area contributed by atoms with E-state index < -0.39 is 10.0 Å². The molecule has 2 rings (SSSR count). The highest BCUT2D eigenvalue weighted by Crippen LogP contribution is 2.51. The fourth-order valence-electron chi connectivity index (χ4n) is 2.06. The standard InChI is InChI=1S/C12H19BrN2O3S/c1-12(2)5-8(12)6-15-19(16,17)10-4-9(7-14-3)18-11(10)13/h4,8,14-15H,5-7H2,1-3H3. The van der Waals surface area contributed by atoms with Gasteiger partial charge in [-0.2, -0.15) is 0 Å². The Morgan fingerprint density at radius 3 is 2.68 bits per heavy atom. The van der Waals surface area contributed by atoms with Gasteiger partial charge in [-0.3, -0.25) is 0 Å². The molecule has 1 aliphatic carbocycles. The maximum atomic E-state index is 12.2. The summed E-state index contributed by atoms with van der Waals surface area (Å²) in [6, 6.07) is 1.54. The summed E-state index contributed by atoms with van der Waals surface area (Å²) >= 11 is 3.15. The molecule has 0 saturated heterocycles. The van der Waals surface area contributed by atoms with Gasteiger partial charge >= 0.3 is 0 Å². The fourth-order valence-corrected chi connectivity index (χ4v) is 4.13. The van der Waals surface area contributed by atoms with Crippen LogP contribution >= 0.6 is 15.9 Å². The average molecular weight is 351 g/mol. The number of hydrogen-bond donors (Lipinski definition) is 2. The molecular formula is C12H19BrN2O3S. The molecule has 0 radical (unpaired) electrons. The zero-order valence-electron chi connectivity index (χ0n) is 11.3. The van der Waals surface area contributed by atoms with E-state index in [0.29, 0.717) is 24.8 Å². The predicted molar refractivity (Wildman–Crippen MR) is 76.2 cm³/mol. The number of hydrogen-bond acceptors (Lipinski definition) is 4. The van der Waals surface area contributed by atoms with Crippen molar-refractivity contribution >= 4 is 26.0 Å². The lowest BCUT2D eigenvalue weighted by molar-refractivity contribution is 0.470. The smallest absolute Gasteiger partial charge is 0.244 e. The van der Waals surface area contributed by atoms with E-state index in [1.54, 1.807) is 13.1 Å². The zero-order chi connectivity index (χ0) is 14.3. The predicted octanol–water partition coefficient (Wildman–Crippen LogP) is 2.09.